The van der Waals surface area contributed by atoms with Crippen LogP contribution in [0.1, 0.15) is 31.4 Å². The first-order valence-corrected chi connectivity index (χ1v) is 12.1. The molecule has 1 amide bonds. The molecule has 2 atom stereocenters. The van der Waals surface area contributed by atoms with E-state index in [1.807, 2.05) is 25.1 Å². The van der Waals surface area contributed by atoms with E-state index in [0.29, 0.717) is 49.1 Å². The molecular formula is C22H25ClN2O5S. The Morgan fingerprint density at radius 1 is 1.13 bits per heavy atom. The molecule has 0 unspecified atom stereocenters. The van der Waals surface area contributed by atoms with E-state index in [1.165, 1.54) is 16.4 Å². The van der Waals surface area contributed by atoms with Crippen LogP contribution in [0.4, 0.5) is 0 Å². The number of hydrogen-bond donors (Lipinski definition) is 1. The van der Waals surface area contributed by atoms with E-state index in [-0.39, 0.29) is 23.4 Å². The molecule has 0 saturated carbocycles. The van der Waals surface area contributed by atoms with Crippen molar-refractivity contribution in [3.8, 4) is 11.5 Å². The number of amides is 1. The van der Waals surface area contributed by atoms with Crippen molar-refractivity contribution in [2.75, 3.05) is 26.3 Å². The molecule has 4 rings (SSSR count). The molecule has 1 saturated heterocycles. The van der Waals surface area contributed by atoms with Crippen LogP contribution in [0.2, 0.25) is 5.02 Å². The van der Waals surface area contributed by atoms with E-state index in [4.69, 9.17) is 21.1 Å². The lowest BCUT2D eigenvalue weighted by Gasteiger charge is -2.32. The van der Waals surface area contributed by atoms with Gasteiger partial charge in [0.15, 0.2) is 11.5 Å². The van der Waals surface area contributed by atoms with Crippen LogP contribution in [-0.2, 0) is 14.8 Å². The second-order valence-corrected chi connectivity index (χ2v) is 10.2. The minimum absolute atomic E-state index is 0.154. The van der Waals surface area contributed by atoms with Gasteiger partial charge in [-0.3, -0.25) is 4.79 Å². The number of nitrogens with zero attached hydrogens (tertiary/aromatic N) is 1. The fraction of sp³-hybridized carbons (Fsp3) is 0.409. The summed E-state index contributed by atoms with van der Waals surface area (Å²) in [4.78, 5) is 13.1. The number of carbonyl (C=O) groups is 1. The minimum Gasteiger partial charge on any atom is -0.486 e. The maximum Gasteiger partial charge on any atom is 0.243 e. The quantitative estimate of drug-likeness (QED) is 0.733. The number of rotatable bonds is 5. The molecule has 0 radical (unpaired) electrons. The van der Waals surface area contributed by atoms with Crippen molar-refractivity contribution in [3.63, 3.8) is 0 Å². The summed E-state index contributed by atoms with van der Waals surface area (Å²) in [7, 11) is -3.67. The highest BCUT2D eigenvalue weighted by atomic mass is 35.5. The van der Waals surface area contributed by atoms with Crippen LogP contribution in [0.5, 0.6) is 11.5 Å². The van der Waals surface area contributed by atoms with Crippen molar-refractivity contribution in [3.05, 3.63) is 53.1 Å². The van der Waals surface area contributed by atoms with E-state index >= 15 is 0 Å². The Hall–Kier alpha value is -2.29. The molecular weight excluding hydrogens is 440 g/mol. The molecule has 1 N–H and O–H groups in total. The third-order valence-electron chi connectivity index (χ3n) is 5.63. The van der Waals surface area contributed by atoms with Crippen LogP contribution in [0.3, 0.4) is 0 Å². The maximum absolute atomic E-state index is 13.0. The topological polar surface area (TPSA) is 84.9 Å². The Labute approximate surface area is 187 Å². The van der Waals surface area contributed by atoms with Crippen LogP contribution < -0.4 is 14.8 Å². The van der Waals surface area contributed by atoms with Crippen molar-refractivity contribution in [2.45, 2.75) is 30.7 Å². The van der Waals surface area contributed by atoms with Crippen molar-refractivity contribution >= 4 is 27.5 Å². The number of nitrogens with one attached hydrogen (secondary N) is 1. The Kier molecular flexibility index (Phi) is 6.41. The van der Waals surface area contributed by atoms with Gasteiger partial charge in [0.25, 0.3) is 0 Å². The van der Waals surface area contributed by atoms with Crippen LogP contribution in [0, 0.1) is 5.92 Å². The van der Waals surface area contributed by atoms with Crippen molar-refractivity contribution in [1.29, 1.82) is 0 Å². The molecule has 2 aromatic rings. The predicted molar refractivity (Wildman–Crippen MR) is 117 cm³/mol. The second kappa shape index (κ2) is 9.06. The van der Waals surface area contributed by atoms with Crippen molar-refractivity contribution in [2.24, 2.45) is 5.92 Å². The second-order valence-electron chi connectivity index (χ2n) is 7.79. The van der Waals surface area contributed by atoms with Gasteiger partial charge < -0.3 is 14.8 Å². The van der Waals surface area contributed by atoms with Crippen LogP contribution in [0.25, 0.3) is 0 Å². The monoisotopic (exact) mass is 464 g/mol. The molecule has 9 heteroatoms. The molecule has 0 aliphatic carbocycles. The summed E-state index contributed by atoms with van der Waals surface area (Å²) < 4.78 is 38.5. The Balaban J connectivity index is 1.42. The number of sulfonamides is 1. The first kappa shape index (κ1) is 21.9. The maximum atomic E-state index is 13.0. The molecule has 0 aromatic heterocycles. The highest BCUT2D eigenvalue weighted by molar-refractivity contribution is 7.89. The fourth-order valence-electron chi connectivity index (χ4n) is 3.87. The van der Waals surface area contributed by atoms with Gasteiger partial charge in [-0.1, -0.05) is 17.7 Å². The zero-order valence-corrected chi connectivity index (χ0v) is 18.8. The van der Waals surface area contributed by atoms with E-state index in [2.05, 4.69) is 5.32 Å². The van der Waals surface area contributed by atoms with Gasteiger partial charge in [0.05, 0.1) is 16.9 Å². The molecule has 0 bridgehead atoms. The van der Waals surface area contributed by atoms with Gasteiger partial charge in [0, 0.05) is 18.1 Å². The molecule has 2 heterocycles. The number of hydrogen-bond acceptors (Lipinski definition) is 5. The largest absolute Gasteiger partial charge is 0.486 e. The number of fused-ring (bicyclic) bond motifs is 1. The number of ether oxygens (including phenoxy) is 2. The Morgan fingerprint density at radius 2 is 1.84 bits per heavy atom. The predicted octanol–water partition coefficient (Wildman–Crippen LogP) is 3.39. The Morgan fingerprint density at radius 3 is 2.58 bits per heavy atom. The summed E-state index contributed by atoms with van der Waals surface area (Å²) in [5, 5.41) is 3.49. The van der Waals surface area contributed by atoms with Crippen molar-refractivity contribution < 1.29 is 22.7 Å². The van der Waals surface area contributed by atoms with E-state index in [1.54, 1.807) is 12.1 Å². The number of benzene rings is 2. The van der Waals surface area contributed by atoms with Crippen LogP contribution in [0.15, 0.2) is 47.4 Å². The minimum atomic E-state index is -3.67. The van der Waals surface area contributed by atoms with Gasteiger partial charge >= 0.3 is 0 Å². The van der Waals surface area contributed by atoms with Gasteiger partial charge in [0.2, 0.25) is 15.9 Å². The van der Waals surface area contributed by atoms with Gasteiger partial charge in [-0.05, 0) is 61.7 Å². The molecule has 166 valence electrons. The summed E-state index contributed by atoms with van der Waals surface area (Å²) in [5.74, 6) is 0.806. The summed E-state index contributed by atoms with van der Waals surface area (Å²) in [5.41, 5.74) is 0.902. The summed E-state index contributed by atoms with van der Waals surface area (Å²) in [6, 6.07) is 11.5. The molecule has 2 aromatic carbocycles. The summed E-state index contributed by atoms with van der Waals surface area (Å²) in [6.07, 6.45) is 1.27. The van der Waals surface area contributed by atoms with Gasteiger partial charge in [-0.15, -0.1) is 0 Å². The number of halogens is 1. The first-order valence-electron chi connectivity index (χ1n) is 10.3. The lowest BCUT2D eigenvalue weighted by Crippen LogP contribution is -2.45. The molecule has 2 aliphatic heterocycles. The summed E-state index contributed by atoms with van der Waals surface area (Å²) >= 11 is 5.87. The van der Waals surface area contributed by atoms with E-state index < -0.39 is 15.9 Å². The fourth-order valence-corrected chi connectivity index (χ4v) is 5.52. The lowest BCUT2D eigenvalue weighted by atomic mass is 9.97. The highest BCUT2D eigenvalue weighted by Crippen LogP contribution is 2.33. The smallest absolute Gasteiger partial charge is 0.243 e. The van der Waals surface area contributed by atoms with E-state index in [0.717, 1.165) is 5.56 Å². The third kappa shape index (κ3) is 4.81. The van der Waals surface area contributed by atoms with Gasteiger partial charge in [-0.25, -0.2) is 8.42 Å². The Bertz CT molecular complexity index is 1060. The van der Waals surface area contributed by atoms with Gasteiger partial charge in [-0.2, -0.15) is 4.31 Å². The molecule has 2 aliphatic rings. The van der Waals surface area contributed by atoms with Crippen molar-refractivity contribution in [1.82, 2.24) is 9.62 Å². The molecule has 1 fully saturated rings. The number of piperidine rings is 1. The van der Waals surface area contributed by atoms with Crippen LogP contribution in [-0.4, -0.2) is 44.9 Å². The number of carbonyl (C=O) groups excluding carboxylic acids is 1. The first-order chi connectivity index (χ1) is 14.8. The molecule has 31 heavy (non-hydrogen) atoms. The third-order valence-corrected chi connectivity index (χ3v) is 7.76. The summed E-state index contributed by atoms with van der Waals surface area (Å²) in [6.45, 7) is 3.47. The highest BCUT2D eigenvalue weighted by Gasteiger charge is 2.33. The lowest BCUT2D eigenvalue weighted by molar-refractivity contribution is -0.126. The molecule has 7 nitrogen and oxygen atoms in total. The van der Waals surface area contributed by atoms with Gasteiger partial charge in [0.1, 0.15) is 13.2 Å². The zero-order valence-electron chi connectivity index (χ0n) is 17.2. The van der Waals surface area contributed by atoms with Crippen LogP contribution >= 0.6 is 11.6 Å². The standard InChI is InChI=1S/C22H25ClN2O5S/c1-15(16-4-9-20-21(13-16)30-12-11-29-20)24-22(26)17-3-2-10-25(14-17)31(27,28)19-7-5-18(23)6-8-19/h4-9,13,15,17H,2-3,10-12,14H2,1H3,(H,24,26)/t15-,17-/m0/s1. The molecule has 0 spiro atoms. The zero-order chi connectivity index (χ0) is 22.0. The average Bonchev–Trinajstić information content (AvgIpc) is 2.79. The SMILES string of the molecule is C[C@H](NC(=O)[C@H]1CCCN(S(=O)(=O)c2ccc(Cl)cc2)C1)c1ccc2c(c1)OCCO2. The average molecular weight is 465 g/mol. The van der Waals surface area contributed by atoms with E-state index in [9.17, 15) is 13.2 Å². The normalized spacial score (nSPS) is 20.1.